The molecule has 25 heavy (non-hydrogen) atoms. The van der Waals surface area contributed by atoms with Crippen LogP contribution in [0.3, 0.4) is 0 Å². The molecule has 1 saturated carbocycles. The van der Waals surface area contributed by atoms with E-state index in [4.69, 9.17) is 9.47 Å². The number of anilines is 1. The molecule has 1 N–H and O–H groups in total. The van der Waals surface area contributed by atoms with Crippen LogP contribution in [-0.4, -0.2) is 17.3 Å². The number of carbonyl (C=O) groups is 1. The SMILES string of the molecule is Cc1cc(C(=O)Nc2ccc3c(c2)OCO3)c(C)n1C1CCCCC1. The number of nitrogens with one attached hydrogen (secondary N) is 1. The molecule has 0 radical (unpaired) electrons. The number of amides is 1. The van der Waals surface area contributed by atoms with Crippen LogP contribution in [-0.2, 0) is 0 Å². The third-order valence-corrected chi connectivity index (χ3v) is 5.30. The summed E-state index contributed by atoms with van der Waals surface area (Å²) >= 11 is 0. The molecule has 4 rings (SSSR count). The fraction of sp³-hybridized carbons (Fsp3) is 0.450. The monoisotopic (exact) mass is 340 g/mol. The molecule has 0 atom stereocenters. The maximum atomic E-state index is 12.8. The van der Waals surface area contributed by atoms with Crippen LogP contribution in [0.2, 0.25) is 0 Å². The maximum Gasteiger partial charge on any atom is 0.257 e. The lowest BCUT2D eigenvalue weighted by Gasteiger charge is -2.26. The number of hydrogen-bond donors (Lipinski definition) is 1. The van der Waals surface area contributed by atoms with Crippen LogP contribution in [0.15, 0.2) is 24.3 Å². The molecule has 1 aliphatic carbocycles. The average Bonchev–Trinajstić information content (AvgIpc) is 3.19. The molecular weight excluding hydrogens is 316 g/mol. The molecule has 0 bridgehead atoms. The molecule has 1 aromatic carbocycles. The smallest absolute Gasteiger partial charge is 0.257 e. The Labute approximate surface area is 147 Å². The van der Waals surface area contributed by atoms with E-state index in [1.807, 2.05) is 18.2 Å². The Hall–Kier alpha value is -2.43. The van der Waals surface area contributed by atoms with Crippen molar-refractivity contribution in [3.8, 4) is 11.5 Å². The molecule has 2 aromatic rings. The highest BCUT2D eigenvalue weighted by Crippen LogP contribution is 2.35. The quantitative estimate of drug-likeness (QED) is 0.889. The Morgan fingerprint density at radius 3 is 2.64 bits per heavy atom. The summed E-state index contributed by atoms with van der Waals surface area (Å²) in [5.41, 5.74) is 3.69. The molecule has 132 valence electrons. The van der Waals surface area contributed by atoms with Crippen molar-refractivity contribution in [1.82, 2.24) is 4.57 Å². The van der Waals surface area contributed by atoms with E-state index in [1.54, 1.807) is 6.07 Å². The van der Waals surface area contributed by atoms with Gasteiger partial charge in [0.15, 0.2) is 11.5 Å². The lowest BCUT2D eigenvalue weighted by Crippen LogP contribution is -2.17. The number of rotatable bonds is 3. The van der Waals surface area contributed by atoms with Gasteiger partial charge in [-0.15, -0.1) is 0 Å². The second-order valence-corrected chi connectivity index (χ2v) is 6.97. The average molecular weight is 340 g/mol. The fourth-order valence-corrected chi connectivity index (χ4v) is 4.08. The van der Waals surface area contributed by atoms with E-state index < -0.39 is 0 Å². The fourth-order valence-electron chi connectivity index (χ4n) is 4.08. The number of benzene rings is 1. The van der Waals surface area contributed by atoms with Crippen molar-refractivity contribution >= 4 is 11.6 Å². The normalized spacial score (nSPS) is 16.9. The number of nitrogens with zero attached hydrogens (tertiary/aromatic N) is 1. The molecule has 0 saturated heterocycles. The van der Waals surface area contributed by atoms with Gasteiger partial charge >= 0.3 is 0 Å². The Morgan fingerprint density at radius 1 is 1.08 bits per heavy atom. The number of carbonyl (C=O) groups excluding carboxylic acids is 1. The van der Waals surface area contributed by atoms with Crippen LogP contribution in [0.25, 0.3) is 0 Å². The first-order valence-corrected chi connectivity index (χ1v) is 9.03. The van der Waals surface area contributed by atoms with Crippen LogP contribution in [0.1, 0.15) is 59.9 Å². The summed E-state index contributed by atoms with van der Waals surface area (Å²) in [5, 5.41) is 2.98. The summed E-state index contributed by atoms with van der Waals surface area (Å²) in [6, 6.07) is 8.00. The molecule has 1 amide bonds. The predicted octanol–water partition coefficient (Wildman–Crippen LogP) is 4.59. The molecule has 5 nitrogen and oxygen atoms in total. The number of aromatic nitrogens is 1. The molecule has 2 aliphatic rings. The van der Waals surface area contributed by atoms with Crippen molar-refractivity contribution in [1.29, 1.82) is 0 Å². The highest BCUT2D eigenvalue weighted by molar-refractivity contribution is 6.05. The molecule has 2 heterocycles. The third kappa shape index (κ3) is 2.99. The van der Waals surface area contributed by atoms with Gasteiger partial charge in [-0.25, -0.2) is 0 Å². The van der Waals surface area contributed by atoms with Crippen LogP contribution >= 0.6 is 0 Å². The highest BCUT2D eigenvalue weighted by atomic mass is 16.7. The minimum atomic E-state index is -0.0750. The number of aryl methyl sites for hydroxylation is 1. The van der Waals surface area contributed by atoms with Gasteiger partial charge in [0.25, 0.3) is 5.91 Å². The Balaban J connectivity index is 1.56. The van der Waals surface area contributed by atoms with Crippen LogP contribution in [0.5, 0.6) is 11.5 Å². The van der Waals surface area contributed by atoms with Crippen molar-refractivity contribution < 1.29 is 14.3 Å². The lowest BCUT2D eigenvalue weighted by molar-refractivity contribution is 0.102. The minimum absolute atomic E-state index is 0.0750. The first-order valence-electron chi connectivity index (χ1n) is 9.03. The first kappa shape index (κ1) is 16.1. The van der Waals surface area contributed by atoms with Crippen molar-refractivity contribution in [3.05, 3.63) is 41.2 Å². The van der Waals surface area contributed by atoms with Crippen molar-refractivity contribution in [2.24, 2.45) is 0 Å². The van der Waals surface area contributed by atoms with Crippen molar-refractivity contribution in [3.63, 3.8) is 0 Å². The highest BCUT2D eigenvalue weighted by Gasteiger charge is 2.23. The summed E-state index contributed by atoms with van der Waals surface area (Å²) in [4.78, 5) is 12.8. The van der Waals surface area contributed by atoms with E-state index in [0.717, 1.165) is 16.9 Å². The summed E-state index contributed by atoms with van der Waals surface area (Å²) in [6.07, 6.45) is 6.30. The topological polar surface area (TPSA) is 52.5 Å². The molecule has 1 aliphatic heterocycles. The Morgan fingerprint density at radius 2 is 1.84 bits per heavy atom. The largest absolute Gasteiger partial charge is 0.454 e. The third-order valence-electron chi connectivity index (χ3n) is 5.30. The zero-order valence-electron chi connectivity index (χ0n) is 14.8. The van der Waals surface area contributed by atoms with E-state index >= 15 is 0 Å². The summed E-state index contributed by atoms with van der Waals surface area (Å²) in [5.74, 6) is 1.31. The molecule has 1 fully saturated rings. The van der Waals surface area contributed by atoms with E-state index in [1.165, 1.54) is 37.8 Å². The second kappa shape index (κ2) is 6.47. The first-order chi connectivity index (χ1) is 12.1. The van der Waals surface area contributed by atoms with E-state index in [0.29, 0.717) is 17.5 Å². The van der Waals surface area contributed by atoms with Crippen LogP contribution in [0, 0.1) is 13.8 Å². The zero-order chi connectivity index (χ0) is 17.4. The predicted molar refractivity (Wildman–Crippen MR) is 96.5 cm³/mol. The van der Waals surface area contributed by atoms with Gasteiger partial charge in [-0.3, -0.25) is 4.79 Å². The van der Waals surface area contributed by atoms with E-state index in [2.05, 4.69) is 23.7 Å². The molecule has 5 heteroatoms. The van der Waals surface area contributed by atoms with Crippen LogP contribution < -0.4 is 14.8 Å². The number of hydrogen-bond acceptors (Lipinski definition) is 3. The van der Waals surface area contributed by atoms with Crippen LogP contribution in [0.4, 0.5) is 5.69 Å². The van der Waals surface area contributed by atoms with Gasteiger partial charge in [0, 0.05) is 29.2 Å². The maximum absolute atomic E-state index is 12.8. The second-order valence-electron chi connectivity index (χ2n) is 6.97. The lowest BCUT2D eigenvalue weighted by atomic mass is 9.95. The van der Waals surface area contributed by atoms with Gasteiger partial charge in [0.2, 0.25) is 6.79 Å². The number of ether oxygens (including phenoxy) is 2. The van der Waals surface area contributed by atoms with E-state index in [-0.39, 0.29) is 12.7 Å². The summed E-state index contributed by atoms with van der Waals surface area (Å²) in [6.45, 7) is 4.38. The molecule has 1 aromatic heterocycles. The summed E-state index contributed by atoms with van der Waals surface area (Å²) in [7, 11) is 0. The van der Waals surface area contributed by atoms with Gasteiger partial charge in [-0.05, 0) is 44.9 Å². The van der Waals surface area contributed by atoms with E-state index in [9.17, 15) is 4.79 Å². The molecular formula is C20H24N2O3. The standard InChI is InChI=1S/C20H24N2O3/c1-13-10-17(14(2)22(13)16-6-4-3-5-7-16)20(23)21-15-8-9-18-19(11-15)25-12-24-18/h8-11,16H,3-7,12H2,1-2H3,(H,21,23). The van der Waals surface area contributed by atoms with Gasteiger partial charge in [0.05, 0.1) is 5.56 Å². The minimum Gasteiger partial charge on any atom is -0.454 e. The summed E-state index contributed by atoms with van der Waals surface area (Å²) < 4.78 is 13.0. The molecule has 0 spiro atoms. The zero-order valence-corrected chi connectivity index (χ0v) is 14.8. The Kier molecular flexibility index (Phi) is 4.15. The van der Waals surface area contributed by atoms with Crippen molar-refractivity contribution in [2.75, 3.05) is 12.1 Å². The molecule has 0 unspecified atom stereocenters. The van der Waals surface area contributed by atoms with Gasteiger partial charge in [-0.2, -0.15) is 0 Å². The van der Waals surface area contributed by atoms with Crippen molar-refractivity contribution in [2.45, 2.75) is 52.0 Å². The number of fused-ring (bicyclic) bond motifs is 1. The van der Waals surface area contributed by atoms with Gasteiger partial charge < -0.3 is 19.4 Å². The van der Waals surface area contributed by atoms with Gasteiger partial charge in [0.1, 0.15) is 0 Å². The van der Waals surface area contributed by atoms with Gasteiger partial charge in [-0.1, -0.05) is 19.3 Å². The Bertz CT molecular complexity index is 804.